The number of hydrogen-bond donors (Lipinski definition) is 0. The van der Waals surface area contributed by atoms with Gasteiger partial charge in [-0.15, -0.1) is 0 Å². The summed E-state index contributed by atoms with van der Waals surface area (Å²) in [6.45, 7) is 11.9. The Bertz CT molecular complexity index is 1430. The van der Waals surface area contributed by atoms with Crippen LogP contribution in [-0.4, -0.2) is 6.88 Å². The second-order valence-corrected chi connectivity index (χ2v) is 39.4. The summed E-state index contributed by atoms with van der Waals surface area (Å²) in [7, 11) is 0. The van der Waals surface area contributed by atoms with E-state index in [1.54, 1.807) is 17.7 Å². The second-order valence-electron chi connectivity index (χ2n) is 11.0. The zero-order valence-corrected chi connectivity index (χ0v) is 24.2. The third-order valence-corrected chi connectivity index (χ3v) is 24.4. The molecule has 3 aromatic carbocycles. The fourth-order valence-corrected chi connectivity index (χ4v) is 24.2. The molecular weight excluding hydrogens is 480 g/mol. The van der Waals surface area contributed by atoms with Gasteiger partial charge >= 0.3 is 197 Å². The first-order chi connectivity index (χ1) is 15.1. The molecule has 0 saturated carbocycles. The summed E-state index contributed by atoms with van der Waals surface area (Å²) >= 11 is -3.50. The Morgan fingerprint density at radius 2 is 1.44 bits per heavy atom. The van der Waals surface area contributed by atoms with Gasteiger partial charge in [-0.1, -0.05) is 0 Å². The summed E-state index contributed by atoms with van der Waals surface area (Å²) in [5.74, 6) is 0.902. The molecule has 0 bridgehead atoms. The van der Waals surface area contributed by atoms with Crippen LogP contribution in [0.3, 0.4) is 0 Å². The molecule has 162 valence electrons. The van der Waals surface area contributed by atoms with Gasteiger partial charge in [0, 0.05) is 0 Å². The van der Waals surface area contributed by atoms with Crippen LogP contribution in [0.2, 0.25) is 9.26 Å². The predicted molar refractivity (Wildman–Crippen MR) is 141 cm³/mol. The molecule has 0 saturated heterocycles. The first-order valence-electron chi connectivity index (χ1n) is 11.9. The molecule has 0 nitrogen and oxygen atoms in total. The van der Waals surface area contributed by atoms with E-state index in [1.807, 2.05) is 0 Å². The maximum absolute atomic E-state index is 3.50. The Balaban J connectivity index is 1.84. The molecule has 2 unspecified atom stereocenters. The van der Waals surface area contributed by atoms with Crippen LogP contribution in [-0.2, 0) is 17.4 Å². The van der Waals surface area contributed by atoms with Crippen LogP contribution in [0.15, 0.2) is 92.8 Å². The molecule has 0 spiro atoms. The Morgan fingerprint density at radius 3 is 2.09 bits per heavy atom. The number of fused-ring (bicyclic) bond motifs is 3. The van der Waals surface area contributed by atoms with E-state index in [-0.39, 0.29) is 0 Å². The first kappa shape index (κ1) is 22.1. The van der Waals surface area contributed by atoms with Crippen molar-refractivity contribution in [2.45, 2.75) is 42.9 Å². The molecule has 3 aromatic rings. The van der Waals surface area contributed by atoms with E-state index in [0.717, 1.165) is 0 Å². The zero-order valence-electron chi connectivity index (χ0n) is 20.3. The van der Waals surface area contributed by atoms with E-state index in [0.29, 0.717) is 11.8 Å². The van der Waals surface area contributed by atoms with Crippen LogP contribution in [0, 0.1) is 5.92 Å². The fraction of sp³-hybridized carbons (Fsp3) is 0.267. The van der Waals surface area contributed by atoms with Gasteiger partial charge in [0.15, 0.2) is 0 Å². The molecular formula is C30H34SiZr. The average Bonchev–Trinajstić information content (AvgIpc) is 3.27. The molecule has 0 fully saturated rings. The van der Waals surface area contributed by atoms with Crippen molar-refractivity contribution >= 4 is 20.9 Å². The van der Waals surface area contributed by atoms with Crippen molar-refractivity contribution in [1.82, 2.24) is 0 Å². The van der Waals surface area contributed by atoms with Crippen LogP contribution in [0.4, 0.5) is 0 Å². The van der Waals surface area contributed by atoms with Crippen molar-refractivity contribution in [3.05, 3.63) is 109 Å². The van der Waals surface area contributed by atoms with Crippen molar-refractivity contribution < 1.29 is 17.4 Å². The monoisotopic (exact) mass is 512 g/mol. The number of rotatable bonds is 3. The zero-order chi connectivity index (χ0) is 22.9. The van der Waals surface area contributed by atoms with Crippen LogP contribution in [0.1, 0.15) is 50.3 Å². The van der Waals surface area contributed by atoms with Gasteiger partial charge in [-0.2, -0.15) is 0 Å². The summed E-state index contributed by atoms with van der Waals surface area (Å²) in [5, 5.41) is 2.78. The van der Waals surface area contributed by atoms with E-state index in [1.165, 1.54) is 33.0 Å². The fourth-order valence-electron chi connectivity index (χ4n) is 6.60. The van der Waals surface area contributed by atoms with Gasteiger partial charge in [-0.25, -0.2) is 0 Å². The van der Waals surface area contributed by atoms with Gasteiger partial charge in [0.25, 0.3) is 0 Å². The molecule has 0 radical (unpaired) electrons. The summed E-state index contributed by atoms with van der Waals surface area (Å²) in [4.78, 5) is 0. The molecule has 0 amide bonds. The van der Waals surface area contributed by atoms with Gasteiger partial charge in [0.1, 0.15) is 0 Å². The summed E-state index contributed by atoms with van der Waals surface area (Å²) in [6, 6.07) is 24.8. The van der Waals surface area contributed by atoms with E-state index in [9.17, 15) is 0 Å². The van der Waals surface area contributed by atoms with Crippen molar-refractivity contribution in [1.29, 1.82) is 0 Å². The van der Waals surface area contributed by atoms with Crippen LogP contribution in [0.25, 0.3) is 14.1 Å². The Morgan fingerprint density at radius 1 is 0.781 bits per heavy atom. The van der Waals surface area contributed by atoms with Gasteiger partial charge in [-0.3, -0.25) is 0 Å². The first-order valence-corrected chi connectivity index (χ1v) is 25.2. The quantitative estimate of drug-likeness (QED) is 0.312. The standard InChI is InChI=1S/C19H13.C9H13.2CH3.H2Si.Zr/c1-2-6-14(7-3-1)17-12-13-19-16-9-5-4-8-15(16)10-11-18(17)19;1-6-5-7(2)9(4)8(6)3;;;;/h1-12,17H;6H,1-4H3;2*1H3;1H2;. The van der Waals surface area contributed by atoms with Crippen molar-refractivity contribution in [3.63, 3.8) is 0 Å². The van der Waals surface area contributed by atoms with Gasteiger partial charge in [0.05, 0.1) is 0 Å². The van der Waals surface area contributed by atoms with E-state index in [2.05, 4.69) is 117 Å². The molecule has 2 heteroatoms. The van der Waals surface area contributed by atoms with E-state index >= 15 is 0 Å². The molecule has 2 atom stereocenters. The van der Waals surface area contributed by atoms with Crippen LogP contribution < -0.4 is 0 Å². The van der Waals surface area contributed by atoms with Crippen molar-refractivity contribution in [3.8, 4) is 0 Å². The van der Waals surface area contributed by atoms with Gasteiger partial charge in [0.2, 0.25) is 0 Å². The van der Waals surface area contributed by atoms with Gasteiger partial charge < -0.3 is 0 Å². The number of hydrogen-bond acceptors (Lipinski definition) is 0. The molecule has 2 aliphatic carbocycles. The Kier molecular flexibility index (Phi) is 5.08. The van der Waals surface area contributed by atoms with Crippen LogP contribution >= 0.6 is 0 Å². The summed E-state index contributed by atoms with van der Waals surface area (Å²) in [5.41, 5.74) is 9.11. The summed E-state index contributed by atoms with van der Waals surface area (Å²) < 4.78 is 8.85. The molecule has 0 N–H and O–H groups in total. The van der Waals surface area contributed by atoms with Crippen LogP contribution in [0.5, 0.6) is 0 Å². The molecule has 0 heterocycles. The minimum absolute atomic E-state index is 0.344. The molecule has 0 aliphatic heterocycles. The molecule has 2 aliphatic rings. The molecule has 32 heavy (non-hydrogen) atoms. The minimum atomic E-state index is -3.50. The predicted octanol–water partition coefficient (Wildman–Crippen LogP) is 7.92. The molecule has 5 rings (SSSR count). The van der Waals surface area contributed by atoms with Crippen molar-refractivity contribution in [2.24, 2.45) is 5.92 Å². The average molecular weight is 514 g/mol. The molecule has 0 aromatic heterocycles. The third kappa shape index (κ3) is 3.10. The SMILES string of the molecule is CC1=C(C)C(C)[C]([Zr]([CH3])([CH3])(=[SiH2])[C]2=CC(c3ccccc3)c3ccc4ccccc4c32)=C1C. The van der Waals surface area contributed by atoms with E-state index < -0.39 is 17.4 Å². The topological polar surface area (TPSA) is 0 Å². The van der Waals surface area contributed by atoms with Gasteiger partial charge in [-0.05, 0) is 0 Å². The Labute approximate surface area is 195 Å². The maximum atomic E-state index is 2.69. The third-order valence-electron chi connectivity index (χ3n) is 8.43. The van der Waals surface area contributed by atoms with E-state index in [4.69, 9.17) is 0 Å². The summed E-state index contributed by atoms with van der Waals surface area (Å²) in [6.07, 6.45) is 2.67. The second kappa shape index (κ2) is 7.37. The number of benzene rings is 3. The number of allylic oxidation sites excluding steroid dienone is 5. The Hall–Kier alpha value is -1.76. The van der Waals surface area contributed by atoms with Crippen molar-refractivity contribution in [2.75, 3.05) is 0 Å². The normalized spacial score (nSPS) is 21.4.